The second-order valence-electron chi connectivity index (χ2n) is 5.76. The molecule has 8 nitrogen and oxygen atoms in total. The predicted molar refractivity (Wildman–Crippen MR) is 95.0 cm³/mol. The molecule has 2 aliphatic rings. The van der Waals surface area contributed by atoms with Gasteiger partial charge in [0.05, 0.1) is 31.6 Å². The lowest BCUT2D eigenvalue weighted by Crippen LogP contribution is -2.27. The van der Waals surface area contributed by atoms with Gasteiger partial charge in [0.1, 0.15) is 5.70 Å². The van der Waals surface area contributed by atoms with Crippen molar-refractivity contribution in [2.24, 2.45) is 0 Å². The van der Waals surface area contributed by atoms with Gasteiger partial charge in [-0.25, -0.2) is 9.59 Å². The topological polar surface area (TPSA) is 94.5 Å². The Morgan fingerprint density at radius 2 is 1.78 bits per heavy atom. The summed E-state index contributed by atoms with van der Waals surface area (Å²) in [4.78, 5) is 26.2. The van der Waals surface area contributed by atoms with E-state index in [0.29, 0.717) is 22.7 Å². The van der Waals surface area contributed by atoms with Gasteiger partial charge in [-0.05, 0) is 25.1 Å². The molecule has 27 heavy (non-hydrogen) atoms. The number of nitrogens with zero attached hydrogens (tertiary/aromatic N) is 1. The minimum Gasteiger partial charge on any atom is -0.465 e. The second-order valence-corrected chi connectivity index (χ2v) is 5.76. The summed E-state index contributed by atoms with van der Waals surface area (Å²) in [6.45, 7) is 1.64. The molecule has 1 atom stereocenters. The summed E-state index contributed by atoms with van der Waals surface area (Å²) in [7, 11) is 2.44. The maximum Gasteiger partial charge on any atom is 0.355 e. The minimum absolute atomic E-state index is 0.0172. The molecule has 1 aromatic rings. The highest BCUT2D eigenvalue weighted by Crippen LogP contribution is 2.42. The number of hydrogen-bond acceptors (Lipinski definition) is 8. The standard InChI is InChI=1S/C19H19NO7/c1-11(21)13-8-15-16(27-10-26-15)9-14(13)20-7-5-4-6-12(18(22)24-2)17(20)19(23)25-3/h4-9,11,21H,10H2,1-3H3. The van der Waals surface area contributed by atoms with Gasteiger partial charge in [0.25, 0.3) is 0 Å². The normalized spacial score (nSPS) is 16.2. The van der Waals surface area contributed by atoms with Gasteiger partial charge in [0, 0.05) is 17.8 Å². The first kappa shape index (κ1) is 18.5. The Morgan fingerprint density at radius 1 is 1.11 bits per heavy atom. The molecular weight excluding hydrogens is 354 g/mol. The van der Waals surface area contributed by atoms with E-state index in [1.165, 1.54) is 25.2 Å². The number of ether oxygens (including phenoxy) is 4. The Morgan fingerprint density at radius 3 is 2.41 bits per heavy atom. The first-order valence-corrected chi connectivity index (χ1v) is 8.14. The summed E-state index contributed by atoms with van der Waals surface area (Å²) in [5.41, 5.74) is 0.895. The molecule has 0 fully saturated rings. The third-order valence-electron chi connectivity index (χ3n) is 4.12. The molecule has 0 amide bonds. The fourth-order valence-electron chi connectivity index (χ4n) is 2.84. The molecule has 0 spiro atoms. The molecule has 1 N–H and O–H groups in total. The van der Waals surface area contributed by atoms with E-state index in [4.69, 9.17) is 18.9 Å². The van der Waals surface area contributed by atoms with E-state index in [1.807, 2.05) is 0 Å². The van der Waals surface area contributed by atoms with Gasteiger partial charge in [0.15, 0.2) is 11.5 Å². The first-order valence-electron chi connectivity index (χ1n) is 8.14. The lowest BCUT2D eigenvalue weighted by Gasteiger charge is -2.26. The zero-order chi connectivity index (χ0) is 19.6. The maximum absolute atomic E-state index is 12.5. The molecule has 0 radical (unpaired) electrons. The SMILES string of the molecule is COC(=O)C1=C(C(=O)OC)N(c2cc3c(cc2C(C)O)OCO3)C=CC=C1. The smallest absolute Gasteiger partial charge is 0.355 e. The van der Waals surface area contributed by atoms with Gasteiger partial charge in [-0.3, -0.25) is 0 Å². The van der Waals surface area contributed by atoms with E-state index < -0.39 is 18.0 Å². The predicted octanol–water partition coefficient (Wildman–Crippen LogP) is 1.96. The van der Waals surface area contributed by atoms with Crippen molar-refractivity contribution in [1.29, 1.82) is 0 Å². The van der Waals surface area contributed by atoms with Crippen LogP contribution in [0.15, 0.2) is 47.8 Å². The molecule has 1 aromatic carbocycles. The Bertz CT molecular complexity index is 867. The van der Waals surface area contributed by atoms with Crippen LogP contribution in [-0.2, 0) is 19.1 Å². The van der Waals surface area contributed by atoms with Crippen LogP contribution in [0.3, 0.4) is 0 Å². The molecule has 0 aliphatic carbocycles. The summed E-state index contributed by atoms with van der Waals surface area (Å²) in [5.74, 6) is -0.479. The lowest BCUT2D eigenvalue weighted by atomic mass is 10.0. The number of benzene rings is 1. The number of esters is 2. The van der Waals surface area contributed by atoms with Crippen molar-refractivity contribution in [1.82, 2.24) is 0 Å². The largest absolute Gasteiger partial charge is 0.465 e. The van der Waals surface area contributed by atoms with E-state index in [9.17, 15) is 14.7 Å². The van der Waals surface area contributed by atoms with Gasteiger partial charge >= 0.3 is 11.9 Å². The van der Waals surface area contributed by atoms with Crippen LogP contribution in [0.1, 0.15) is 18.6 Å². The molecule has 8 heteroatoms. The van der Waals surface area contributed by atoms with Crippen LogP contribution >= 0.6 is 0 Å². The van der Waals surface area contributed by atoms with Gasteiger partial charge in [0.2, 0.25) is 6.79 Å². The van der Waals surface area contributed by atoms with Crippen molar-refractivity contribution in [2.45, 2.75) is 13.0 Å². The van der Waals surface area contributed by atoms with Crippen molar-refractivity contribution in [3.8, 4) is 11.5 Å². The number of hydrogen-bond donors (Lipinski definition) is 1. The van der Waals surface area contributed by atoms with Crippen LogP contribution in [-0.4, -0.2) is 38.1 Å². The number of aliphatic hydroxyl groups is 1. The van der Waals surface area contributed by atoms with Crippen LogP contribution in [0.25, 0.3) is 0 Å². The molecule has 2 aliphatic heterocycles. The van der Waals surface area contributed by atoms with E-state index in [0.717, 1.165) is 0 Å². The Kier molecular flexibility index (Phi) is 5.18. The molecule has 1 unspecified atom stereocenters. The van der Waals surface area contributed by atoms with E-state index in [-0.39, 0.29) is 18.1 Å². The summed E-state index contributed by atoms with van der Waals surface area (Å²) >= 11 is 0. The molecule has 0 saturated carbocycles. The average Bonchev–Trinajstić information content (AvgIpc) is 3.02. The Hall–Kier alpha value is -3.26. The fourth-order valence-corrected chi connectivity index (χ4v) is 2.84. The molecule has 3 rings (SSSR count). The van der Waals surface area contributed by atoms with Crippen molar-refractivity contribution >= 4 is 17.6 Å². The number of allylic oxidation sites excluding steroid dienone is 2. The molecule has 0 bridgehead atoms. The first-order chi connectivity index (χ1) is 13.0. The van der Waals surface area contributed by atoms with E-state index in [2.05, 4.69) is 0 Å². The third kappa shape index (κ3) is 3.39. The molecule has 142 valence electrons. The van der Waals surface area contributed by atoms with Gasteiger partial charge in [-0.15, -0.1) is 0 Å². The number of carbonyl (C=O) groups excluding carboxylic acids is 2. The lowest BCUT2D eigenvalue weighted by molar-refractivity contribution is -0.139. The summed E-state index contributed by atoms with van der Waals surface area (Å²) < 4.78 is 20.5. The van der Waals surface area contributed by atoms with Crippen molar-refractivity contribution in [2.75, 3.05) is 25.9 Å². The quantitative estimate of drug-likeness (QED) is 0.801. The highest BCUT2D eigenvalue weighted by molar-refractivity contribution is 6.05. The van der Waals surface area contributed by atoms with E-state index in [1.54, 1.807) is 37.4 Å². The van der Waals surface area contributed by atoms with Gasteiger partial charge < -0.3 is 29.0 Å². The van der Waals surface area contributed by atoms with Crippen molar-refractivity contribution < 1.29 is 33.6 Å². The van der Waals surface area contributed by atoms with Gasteiger partial charge in [-0.1, -0.05) is 6.08 Å². The van der Waals surface area contributed by atoms with Crippen molar-refractivity contribution in [3.63, 3.8) is 0 Å². The van der Waals surface area contributed by atoms with Crippen LogP contribution in [0, 0.1) is 0 Å². The molecule has 0 aromatic heterocycles. The minimum atomic E-state index is -0.875. The number of anilines is 1. The average molecular weight is 373 g/mol. The van der Waals surface area contributed by atoms with E-state index >= 15 is 0 Å². The number of fused-ring (bicyclic) bond motifs is 1. The highest BCUT2D eigenvalue weighted by atomic mass is 16.7. The number of methoxy groups -OCH3 is 2. The molecular formula is C19H19NO7. The number of rotatable bonds is 4. The summed E-state index contributed by atoms with van der Waals surface area (Å²) in [5, 5.41) is 10.3. The van der Waals surface area contributed by atoms with Crippen molar-refractivity contribution in [3.05, 3.63) is 53.4 Å². The maximum atomic E-state index is 12.5. The van der Waals surface area contributed by atoms with Gasteiger partial charge in [-0.2, -0.15) is 0 Å². The Balaban J connectivity index is 2.25. The Labute approximate surface area is 155 Å². The monoisotopic (exact) mass is 373 g/mol. The summed E-state index contributed by atoms with van der Waals surface area (Å²) in [6.07, 6.45) is 5.42. The van der Waals surface area contributed by atoms with Crippen LogP contribution in [0.5, 0.6) is 11.5 Å². The number of aliphatic hydroxyl groups excluding tert-OH is 1. The zero-order valence-corrected chi connectivity index (χ0v) is 15.1. The van der Waals surface area contributed by atoms with Crippen LogP contribution < -0.4 is 14.4 Å². The summed E-state index contributed by atoms with van der Waals surface area (Å²) in [6, 6.07) is 3.28. The second kappa shape index (κ2) is 7.55. The number of carbonyl (C=O) groups is 2. The zero-order valence-electron chi connectivity index (χ0n) is 15.1. The molecule has 2 heterocycles. The highest BCUT2D eigenvalue weighted by Gasteiger charge is 2.30. The fraction of sp³-hybridized carbons (Fsp3) is 0.263. The molecule has 0 saturated heterocycles. The van der Waals surface area contributed by atoms with Crippen LogP contribution in [0.2, 0.25) is 0 Å². The third-order valence-corrected chi connectivity index (χ3v) is 4.12. The van der Waals surface area contributed by atoms with Crippen LogP contribution in [0.4, 0.5) is 5.69 Å².